The van der Waals surface area contributed by atoms with Crippen molar-refractivity contribution in [3.05, 3.63) is 36.5 Å². The van der Waals surface area contributed by atoms with Crippen LogP contribution in [-0.4, -0.2) is 6.54 Å². The Labute approximate surface area is 75.7 Å². The van der Waals surface area contributed by atoms with Gasteiger partial charge in [0.25, 0.3) is 0 Å². The zero-order valence-electron chi connectivity index (χ0n) is 7.97. The summed E-state index contributed by atoms with van der Waals surface area (Å²) < 4.78 is 0. The molecule has 0 saturated carbocycles. The molecule has 0 heterocycles. The molecule has 0 bridgehead atoms. The fraction of sp³-hybridized carbons (Fsp3) is 0.455. The third kappa shape index (κ3) is 4.14. The molecule has 0 aliphatic heterocycles. The van der Waals surface area contributed by atoms with E-state index in [0.717, 1.165) is 19.3 Å². The Bertz CT molecular complexity index is 177. The van der Waals surface area contributed by atoms with Gasteiger partial charge in [0, 0.05) is 0 Å². The summed E-state index contributed by atoms with van der Waals surface area (Å²) >= 11 is 0. The molecular weight excluding hydrogens is 146 g/mol. The fourth-order valence-corrected chi connectivity index (χ4v) is 1.01. The minimum atomic E-state index is 0.706. The molecule has 68 valence electrons. The van der Waals surface area contributed by atoms with Crippen molar-refractivity contribution in [3.8, 4) is 0 Å². The van der Waals surface area contributed by atoms with Crippen LogP contribution in [0.2, 0.25) is 0 Å². The summed E-state index contributed by atoms with van der Waals surface area (Å²) in [7, 11) is 0. The lowest BCUT2D eigenvalue weighted by Gasteiger charge is -2.05. The molecule has 0 rings (SSSR count). The third-order valence-electron chi connectivity index (χ3n) is 1.80. The highest BCUT2D eigenvalue weighted by Crippen LogP contribution is 2.16. The predicted octanol–water partition coefficient (Wildman–Crippen LogP) is 2.80. The van der Waals surface area contributed by atoms with Crippen molar-refractivity contribution < 1.29 is 0 Å². The van der Waals surface area contributed by atoms with Crippen LogP contribution in [0.1, 0.15) is 26.2 Å². The molecule has 0 unspecified atom stereocenters. The summed E-state index contributed by atoms with van der Waals surface area (Å²) in [5, 5.41) is 0. The fourth-order valence-electron chi connectivity index (χ4n) is 1.01. The zero-order valence-corrected chi connectivity index (χ0v) is 7.97. The number of hydrogen-bond donors (Lipinski definition) is 1. The van der Waals surface area contributed by atoms with Crippen LogP contribution in [0.5, 0.6) is 0 Å². The van der Waals surface area contributed by atoms with Gasteiger partial charge < -0.3 is 5.73 Å². The van der Waals surface area contributed by atoms with Gasteiger partial charge >= 0.3 is 0 Å². The normalized spacial score (nSPS) is 11.3. The molecule has 0 aliphatic carbocycles. The van der Waals surface area contributed by atoms with E-state index in [1.165, 1.54) is 11.1 Å². The molecule has 2 N–H and O–H groups in total. The molecule has 12 heavy (non-hydrogen) atoms. The molecule has 1 nitrogen and oxygen atoms in total. The summed E-state index contributed by atoms with van der Waals surface area (Å²) in [5.74, 6) is 0. The van der Waals surface area contributed by atoms with Gasteiger partial charge in [0.05, 0.1) is 0 Å². The molecule has 0 spiro atoms. The maximum atomic E-state index is 5.41. The van der Waals surface area contributed by atoms with E-state index in [0.29, 0.717) is 6.54 Å². The number of rotatable bonds is 6. The van der Waals surface area contributed by atoms with Gasteiger partial charge in [-0.3, -0.25) is 0 Å². The van der Waals surface area contributed by atoms with Crippen molar-refractivity contribution in [3.63, 3.8) is 0 Å². The van der Waals surface area contributed by atoms with E-state index in [1.807, 2.05) is 6.08 Å². The number of allylic oxidation sites excluding steroid dienone is 3. The molecule has 0 fully saturated rings. The first-order valence-corrected chi connectivity index (χ1v) is 4.44. The van der Waals surface area contributed by atoms with Crippen LogP contribution in [0, 0.1) is 0 Å². The van der Waals surface area contributed by atoms with E-state index < -0.39 is 0 Å². The molecule has 0 amide bonds. The van der Waals surface area contributed by atoms with Crippen molar-refractivity contribution in [2.75, 3.05) is 6.54 Å². The first kappa shape index (κ1) is 11.2. The van der Waals surface area contributed by atoms with Gasteiger partial charge in [0.15, 0.2) is 0 Å². The van der Waals surface area contributed by atoms with Gasteiger partial charge in [0.1, 0.15) is 0 Å². The Balaban J connectivity index is 4.20. The summed E-state index contributed by atoms with van der Waals surface area (Å²) in [6.45, 7) is 10.5. The number of nitrogens with two attached hydrogens (primary N) is 1. The molecule has 0 radical (unpaired) electrons. The first-order valence-electron chi connectivity index (χ1n) is 4.44. The molecular formula is C11H19N. The monoisotopic (exact) mass is 165 g/mol. The Morgan fingerprint density at radius 1 is 1.50 bits per heavy atom. The third-order valence-corrected chi connectivity index (χ3v) is 1.80. The van der Waals surface area contributed by atoms with Crippen molar-refractivity contribution >= 4 is 0 Å². The molecule has 0 aromatic heterocycles. The van der Waals surface area contributed by atoms with E-state index in [9.17, 15) is 0 Å². The predicted molar refractivity (Wildman–Crippen MR) is 56.0 cm³/mol. The largest absolute Gasteiger partial charge is 0.330 e. The van der Waals surface area contributed by atoms with E-state index in [-0.39, 0.29) is 0 Å². The summed E-state index contributed by atoms with van der Waals surface area (Å²) in [5.41, 5.74) is 7.90. The van der Waals surface area contributed by atoms with Crippen LogP contribution < -0.4 is 5.73 Å². The Morgan fingerprint density at radius 2 is 2.17 bits per heavy atom. The Morgan fingerprint density at radius 3 is 2.58 bits per heavy atom. The van der Waals surface area contributed by atoms with Crippen LogP contribution in [0.25, 0.3) is 0 Å². The second-order valence-corrected chi connectivity index (χ2v) is 2.76. The topological polar surface area (TPSA) is 26.0 Å². The van der Waals surface area contributed by atoms with Crippen LogP contribution in [-0.2, 0) is 0 Å². The molecule has 0 aromatic carbocycles. The highest BCUT2D eigenvalue weighted by molar-refractivity contribution is 5.29. The Hall–Kier alpha value is -0.820. The molecule has 0 aliphatic rings. The van der Waals surface area contributed by atoms with Crippen LogP contribution in [0.3, 0.4) is 0 Å². The minimum absolute atomic E-state index is 0.706. The van der Waals surface area contributed by atoms with Gasteiger partial charge in [-0.15, -0.1) is 6.58 Å². The van der Waals surface area contributed by atoms with Crippen molar-refractivity contribution in [1.29, 1.82) is 0 Å². The maximum Gasteiger partial charge on any atom is -0.00424 e. The van der Waals surface area contributed by atoms with E-state index >= 15 is 0 Å². The smallest absolute Gasteiger partial charge is 0.00424 e. The summed E-state index contributed by atoms with van der Waals surface area (Å²) in [4.78, 5) is 0. The van der Waals surface area contributed by atoms with E-state index in [2.05, 4.69) is 26.2 Å². The highest BCUT2D eigenvalue weighted by Gasteiger charge is 1.97. The lowest BCUT2D eigenvalue weighted by molar-refractivity contribution is 0.977. The lowest BCUT2D eigenvalue weighted by atomic mass is 10.0. The van der Waals surface area contributed by atoms with Gasteiger partial charge in [-0.25, -0.2) is 0 Å². The highest BCUT2D eigenvalue weighted by atomic mass is 14.5. The van der Waals surface area contributed by atoms with Crippen LogP contribution in [0.15, 0.2) is 36.5 Å². The van der Waals surface area contributed by atoms with Crippen molar-refractivity contribution in [2.45, 2.75) is 26.2 Å². The average Bonchev–Trinajstić information content (AvgIpc) is 2.11. The summed E-state index contributed by atoms with van der Waals surface area (Å²) in [6, 6.07) is 0. The zero-order chi connectivity index (χ0) is 9.40. The quantitative estimate of drug-likeness (QED) is 0.475. The molecule has 0 saturated heterocycles. The van der Waals surface area contributed by atoms with Gasteiger partial charge in [-0.05, 0) is 31.4 Å². The standard InChI is InChI=1S/C11H19N/c1-4-7-11(8-6-9-12)10(3)5-2/h4,8H,1,3,5-7,9,12H2,2H3/b11-8+. The van der Waals surface area contributed by atoms with Gasteiger partial charge in [-0.2, -0.15) is 0 Å². The van der Waals surface area contributed by atoms with Crippen LogP contribution >= 0.6 is 0 Å². The van der Waals surface area contributed by atoms with Crippen molar-refractivity contribution in [1.82, 2.24) is 0 Å². The SMILES string of the molecule is C=CC/C(=C\CCN)C(=C)CC. The minimum Gasteiger partial charge on any atom is -0.330 e. The van der Waals surface area contributed by atoms with Gasteiger partial charge in [-0.1, -0.05) is 31.2 Å². The Kier molecular flexibility index (Phi) is 6.39. The molecule has 0 atom stereocenters. The molecule has 0 aromatic rings. The average molecular weight is 165 g/mol. The second-order valence-electron chi connectivity index (χ2n) is 2.76. The second kappa shape index (κ2) is 6.86. The lowest BCUT2D eigenvalue weighted by Crippen LogP contribution is -1.97. The summed E-state index contributed by atoms with van der Waals surface area (Å²) in [6.07, 6.45) is 6.91. The van der Waals surface area contributed by atoms with E-state index in [1.54, 1.807) is 0 Å². The van der Waals surface area contributed by atoms with Gasteiger partial charge in [0.2, 0.25) is 0 Å². The van der Waals surface area contributed by atoms with Crippen molar-refractivity contribution in [2.24, 2.45) is 5.73 Å². The molecule has 1 heteroatoms. The first-order chi connectivity index (χ1) is 5.76. The van der Waals surface area contributed by atoms with Crippen LogP contribution in [0.4, 0.5) is 0 Å². The maximum absolute atomic E-state index is 5.41. The van der Waals surface area contributed by atoms with E-state index in [4.69, 9.17) is 5.73 Å². The number of hydrogen-bond acceptors (Lipinski definition) is 1.